The van der Waals surface area contributed by atoms with Gasteiger partial charge in [0.2, 0.25) is 0 Å². The minimum atomic E-state index is -3.58. The Hall–Kier alpha value is -3.43. The number of hydrogen-bond donors (Lipinski definition) is 1. The number of halogens is 2. The molecule has 0 aliphatic heterocycles. The third-order valence-corrected chi connectivity index (χ3v) is 6.83. The second-order valence-electron chi connectivity index (χ2n) is 6.93. The molecule has 0 atom stereocenters. The molecule has 0 saturated carbocycles. The number of amides is 1. The number of nitrogens with zero attached hydrogens (tertiary/aromatic N) is 1. The summed E-state index contributed by atoms with van der Waals surface area (Å²) in [5.74, 6) is -1.39. The van der Waals surface area contributed by atoms with Crippen molar-refractivity contribution in [3.05, 3.63) is 89.4 Å². The molecule has 1 aromatic heterocycles. The van der Waals surface area contributed by atoms with Crippen molar-refractivity contribution in [2.45, 2.75) is 4.90 Å². The van der Waals surface area contributed by atoms with E-state index >= 15 is 0 Å². The van der Waals surface area contributed by atoms with E-state index in [2.05, 4.69) is 10.3 Å². The lowest BCUT2D eigenvalue weighted by Gasteiger charge is -2.08. The van der Waals surface area contributed by atoms with Crippen LogP contribution in [0.2, 0.25) is 0 Å². The van der Waals surface area contributed by atoms with Crippen molar-refractivity contribution in [2.24, 2.45) is 0 Å². The third-order valence-electron chi connectivity index (χ3n) is 4.57. The predicted molar refractivity (Wildman–Crippen MR) is 120 cm³/mol. The Morgan fingerprint density at radius 2 is 1.50 bits per heavy atom. The fourth-order valence-electron chi connectivity index (χ4n) is 3.10. The molecule has 0 fully saturated rings. The van der Waals surface area contributed by atoms with Gasteiger partial charge in [0.25, 0.3) is 5.91 Å². The van der Waals surface area contributed by atoms with Crippen LogP contribution in [0.3, 0.4) is 0 Å². The molecule has 0 aliphatic rings. The first kappa shape index (κ1) is 21.8. The number of nitrogens with one attached hydrogen (secondary N) is 1. The predicted octanol–water partition coefficient (Wildman–Crippen LogP) is 5.41. The quantitative estimate of drug-likeness (QED) is 0.423. The van der Waals surface area contributed by atoms with E-state index in [1.54, 1.807) is 18.2 Å². The van der Waals surface area contributed by atoms with E-state index in [1.165, 1.54) is 54.6 Å². The molecule has 0 radical (unpaired) electrons. The SMILES string of the molecule is CS(=O)(=O)c1ccccc1-c1nc(C(=O)Nc2ccc(F)cc2)sc1-c1ccc(F)cc1. The van der Waals surface area contributed by atoms with Gasteiger partial charge in [0, 0.05) is 17.5 Å². The van der Waals surface area contributed by atoms with Crippen molar-refractivity contribution in [3.63, 3.8) is 0 Å². The van der Waals surface area contributed by atoms with Crippen LogP contribution in [0.5, 0.6) is 0 Å². The highest BCUT2D eigenvalue weighted by atomic mass is 32.2. The van der Waals surface area contributed by atoms with E-state index in [0.29, 0.717) is 27.4 Å². The van der Waals surface area contributed by atoms with Gasteiger partial charge in [-0.2, -0.15) is 0 Å². The number of hydrogen-bond acceptors (Lipinski definition) is 5. The number of sulfone groups is 1. The summed E-state index contributed by atoms with van der Waals surface area (Å²) < 4.78 is 51.3. The van der Waals surface area contributed by atoms with Gasteiger partial charge in [-0.15, -0.1) is 11.3 Å². The van der Waals surface area contributed by atoms with Gasteiger partial charge in [0.1, 0.15) is 11.6 Å². The molecular weight excluding hydrogens is 454 g/mol. The maximum Gasteiger partial charge on any atom is 0.284 e. The summed E-state index contributed by atoms with van der Waals surface area (Å²) in [7, 11) is -3.58. The highest BCUT2D eigenvalue weighted by Crippen LogP contribution is 2.39. The van der Waals surface area contributed by atoms with Crippen LogP contribution in [0.15, 0.2) is 77.7 Å². The lowest BCUT2D eigenvalue weighted by atomic mass is 10.1. The molecular formula is C23H16F2N2O3S2. The van der Waals surface area contributed by atoms with Crippen LogP contribution in [0.4, 0.5) is 14.5 Å². The minimum absolute atomic E-state index is 0.0687. The second-order valence-corrected chi connectivity index (χ2v) is 9.92. The number of aromatic nitrogens is 1. The zero-order chi connectivity index (χ0) is 22.9. The zero-order valence-corrected chi connectivity index (χ0v) is 18.3. The smallest absolute Gasteiger partial charge is 0.284 e. The Bertz CT molecular complexity index is 1400. The summed E-state index contributed by atoms with van der Waals surface area (Å²) in [4.78, 5) is 17.9. The summed E-state index contributed by atoms with van der Waals surface area (Å²) >= 11 is 1.05. The van der Waals surface area contributed by atoms with E-state index in [9.17, 15) is 22.0 Å². The fraction of sp³-hybridized carbons (Fsp3) is 0.0435. The van der Waals surface area contributed by atoms with Crippen molar-refractivity contribution < 1.29 is 22.0 Å². The van der Waals surface area contributed by atoms with Gasteiger partial charge in [0.15, 0.2) is 14.8 Å². The molecule has 1 heterocycles. The standard InChI is InChI=1S/C23H16F2N2O3S2/c1-32(29,30)19-5-3-2-4-18(19)20-21(14-6-8-15(24)9-7-14)31-23(27-20)22(28)26-17-12-10-16(25)11-13-17/h2-13H,1H3,(H,26,28). The van der Waals surface area contributed by atoms with E-state index in [4.69, 9.17) is 0 Å². The van der Waals surface area contributed by atoms with Crippen LogP contribution >= 0.6 is 11.3 Å². The molecule has 4 rings (SSSR count). The van der Waals surface area contributed by atoms with Gasteiger partial charge >= 0.3 is 0 Å². The summed E-state index contributed by atoms with van der Waals surface area (Å²) in [5, 5.41) is 2.72. The van der Waals surface area contributed by atoms with Gasteiger partial charge in [-0.25, -0.2) is 22.2 Å². The number of thiazole rings is 1. The van der Waals surface area contributed by atoms with Gasteiger partial charge in [-0.1, -0.05) is 30.3 Å². The third kappa shape index (κ3) is 4.58. The number of carbonyl (C=O) groups excluding carboxylic acids is 1. The maximum absolute atomic E-state index is 13.5. The fourth-order valence-corrected chi connectivity index (χ4v) is 4.97. The normalized spacial score (nSPS) is 11.3. The Labute approximate surface area is 187 Å². The number of anilines is 1. The summed E-state index contributed by atoms with van der Waals surface area (Å²) in [6.45, 7) is 0. The Morgan fingerprint density at radius 3 is 2.12 bits per heavy atom. The molecule has 0 spiro atoms. The van der Waals surface area contributed by atoms with Crippen molar-refractivity contribution in [1.29, 1.82) is 0 Å². The van der Waals surface area contributed by atoms with E-state index in [0.717, 1.165) is 17.6 Å². The molecule has 0 unspecified atom stereocenters. The molecule has 3 aromatic carbocycles. The van der Waals surface area contributed by atoms with Crippen LogP contribution in [-0.4, -0.2) is 25.6 Å². The van der Waals surface area contributed by atoms with E-state index in [1.807, 2.05) is 0 Å². The highest BCUT2D eigenvalue weighted by molar-refractivity contribution is 7.90. The molecule has 162 valence electrons. The Morgan fingerprint density at radius 1 is 0.906 bits per heavy atom. The Balaban J connectivity index is 1.84. The average molecular weight is 471 g/mol. The van der Waals surface area contributed by atoms with Gasteiger partial charge in [0.05, 0.1) is 15.5 Å². The van der Waals surface area contributed by atoms with Gasteiger partial charge < -0.3 is 5.32 Å². The van der Waals surface area contributed by atoms with E-state index in [-0.39, 0.29) is 9.90 Å². The average Bonchev–Trinajstić information content (AvgIpc) is 3.21. The maximum atomic E-state index is 13.5. The van der Waals surface area contributed by atoms with Crippen LogP contribution in [0.1, 0.15) is 9.80 Å². The number of benzene rings is 3. The van der Waals surface area contributed by atoms with Gasteiger partial charge in [-0.05, 0) is 48.0 Å². The largest absolute Gasteiger partial charge is 0.320 e. The zero-order valence-electron chi connectivity index (χ0n) is 16.7. The summed E-state index contributed by atoms with van der Waals surface area (Å²) in [6.07, 6.45) is 1.10. The molecule has 1 N–H and O–H groups in total. The molecule has 5 nitrogen and oxygen atoms in total. The molecule has 0 bridgehead atoms. The van der Waals surface area contributed by atoms with Crippen LogP contribution in [0, 0.1) is 11.6 Å². The molecule has 4 aromatic rings. The first-order valence-corrected chi connectivity index (χ1v) is 12.1. The monoisotopic (exact) mass is 470 g/mol. The minimum Gasteiger partial charge on any atom is -0.320 e. The number of carbonyl (C=O) groups is 1. The van der Waals surface area contributed by atoms with Crippen molar-refractivity contribution in [3.8, 4) is 21.7 Å². The first-order chi connectivity index (χ1) is 15.2. The van der Waals surface area contributed by atoms with Crippen molar-refractivity contribution in [1.82, 2.24) is 4.98 Å². The van der Waals surface area contributed by atoms with Crippen LogP contribution < -0.4 is 5.32 Å². The number of rotatable bonds is 5. The Kier molecular flexibility index (Phi) is 5.86. The van der Waals surface area contributed by atoms with E-state index < -0.39 is 27.4 Å². The van der Waals surface area contributed by atoms with Crippen molar-refractivity contribution in [2.75, 3.05) is 11.6 Å². The molecule has 1 amide bonds. The van der Waals surface area contributed by atoms with Gasteiger partial charge in [-0.3, -0.25) is 4.79 Å². The molecule has 0 aliphatic carbocycles. The lowest BCUT2D eigenvalue weighted by Crippen LogP contribution is -2.11. The van der Waals surface area contributed by atoms with Crippen molar-refractivity contribution >= 4 is 32.8 Å². The van der Waals surface area contributed by atoms with Crippen LogP contribution in [-0.2, 0) is 9.84 Å². The lowest BCUT2D eigenvalue weighted by molar-refractivity contribution is 0.102. The molecule has 0 saturated heterocycles. The highest BCUT2D eigenvalue weighted by Gasteiger charge is 2.23. The van der Waals surface area contributed by atoms with Crippen LogP contribution in [0.25, 0.3) is 21.7 Å². The topological polar surface area (TPSA) is 76.1 Å². The second kappa shape index (κ2) is 8.60. The first-order valence-electron chi connectivity index (χ1n) is 9.35. The molecule has 32 heavy (non-hydrogen) atoms. The summed E-state index contributed by atoms with van der Waals surface area (Å²) in [5.41, 5.74) is 1.61. The summed E-state index contributed by atoms with van der Waals surface area (Å²) in [6, 6.07) is 17.3. The molecule has 9 heteroatoms.